The van der Waals surface area contributed by atoms with Crippen LogP contribution in [0, 0.1) is 0 Å². The van der Waals surface area contributed by atoms with Gasteiger partial charge in [-0.3, -0.25) is 13.8 Å². The van der Waals surface area contributed by atoms with Crippen molar-refractivity contribution in [2.24, 2.45) is 0 Å². The van der Waals surface area contributed by atoms with Crippen LogP contribution in [0.25, 0.3) is 0 Å². The van der Waals surface area contributed by atoms with Crippen molar-refractivity contribution in [3.8, 4) is 0 Å². The Hall–Kier alpha value is -1.55. The summed E-state index contributed by atoms with van der Waals surface area (Å²) in [6, 6.07) is 0. The number of unbranched alkanes of at least 4 members (excludes halogenated alkanes) is 24. The molecule has 0 aromatic carbocycles. The molecule has 1 unspecified atom stereocenters. The van der Waals surface area contributed by atoms with Gasteiger partial charge in [0.2, 0.25) is 0 Å². The predicted molar refractivity (Wildman–Crippen MR) is 210 cm³/mol. The number of aliphatic hydroxyl groups is 2. The highest BCUT2D eigenvalue weighted by atomic mass is 31.2. The number of phosphoric ester groups is 1. The molecule has 0 bridgehead atoms. The van der Waals surface area contributed by atoms with Crippen LogP contribution < -0.4 is 0 Å². The van der Waals surface area contributed by atoms with Gasteiger partial charge in [-0.1, -0.05) is 180 Å². The Morgan fingerprint density at radius 1 is 0.615 bits per heavy atom. The first-order valence-corrected chi connectivity index (χ1v) is 22.3. The maximum atomic E-state index is 12.5. The molecule has 0 rings (SSSR count). The number of aliphatic hydroxyl groups excluding tert-OH is 2. The fourth-order valence-corrected chi connectivity index (χ4v) is 6.51. The minimum absolute atomic E-state index is 0.226. The molecule has 306 valence electrons. The van der Waals surface area contributed by atoms with E-state index in [1.807, 2.05) is 6.08 Å². The van der Waals surface area contributed by atoms with E-state index in [2.05, 4.69) is 18.4 Å². The average molecular weight is 761 g/mol. The van der Waals surface area contributed by atoms with Crippen LogP contribution in [0.15, 0.2) is 24.3 Å². The molecule has 0 saturated carbocycles. The Morgan fingerprint density at radius 2 is 1.06 bits per heavy atom. The quantitative estimate of drug-likeness (QED) is 0.0182. The lowest BCUT2D eigenvalue weighted by Crippen LogP contribution is -2.29. The minimum Gasteiger partial charge on any atom is -0.462 e. The largest absolute Gasteiger partial charge is 0.472 e. The number of rotatable bonds is 39. The molecule has 0 heterocycles. The van der Waals surface area contributed by atoms with E-state index < -0.39 is 51.8 Å². The molecule has 0 spiro atoms. The molecule has 0 fully saturated rings. The molecule has 0 radical (unpaired) electrons. The molecule has 0 aliphatic carbocycles. The first-order valence-electron chi connectivity index (χ1n) is 20.8. The Bertz CT molecular complexity index is 925. The molecular weight excluding hydrogens is 683 g/mol. The van der Waals surface area contributed by atoms with E-state index in [1.54, 1.807) is 12.2 Å². The standard InChI is InChI=1S/C41H77O10P/c1-3-5-7-9-11-13-15-17-19-21-23-25-27-29-31-33-41(45)51-39(37-50-52(46,47)49-35-38(43)34-42)36-48-40(44)32-30-28-26-24-22-20-18-16-14-12-10-8-6-4-2/h27,29,31,33,38-39,42-43H,3-26,28,30,32,34-37H2,1-2H3,(H,46,47)/b29-27+,33-31+/t38-,39+/m0/s1. The van der Waals surface area contributed by atoms with Gasteiger partial charge in [0, 0.05) is 12.5 Å². The van der Waals surface area contributed by atoms with Crippen molar-refractivity contribution in [2.75, 3.05) is 26.4 Å². The molecule has 3 atom stereocenters. The third-order valence-corrected chi connectivity index (χ3v) is 9.92. The normalized spacial score (nSPS) is 14.2. The zero-order valence-electron chi connectivity index (χ0n) is 33.0. The lowest BCUT2D eigenvalue weighted by Gasteiger charge is -2.19. The molecule has 3 N–H and O–H groups in total. The summed E-state index contributed by atoms with van der Waals surface area (Å²) in [6.45, 7) is 2.27. The summed E-state index contributed by atoms with van der Waals surface area (Å²) < 4.78 is 32.5. The van der Waals surface area contributed by atoms with Crippen LogP contribution in [0.5, 0.6) is 0 Å². The molecule has 52 heavy (non-hydrogen) atoms. The maximum absolute atomic E-state index is 12.5. The molecule has 0 saturated heterocycles. The number of hydrogen-bond donors (Lipinski definition) is 3. The van der Waals surface area contributed by atoms with E-state index in [0.717, 1.165) is 32.1 Å². The van der Waals surface area contributed by atoms with Crippen LogP contribution in [0.2, 0.25) is 0 Å². The summed E-state index contributed by atoms with van der Waals surface area (Å²) in [5.74, 6) is -1.17. The van der Waals surface area contributed by atoms with Gasteiger partial charge in [-0.2, -0.15) is 0 Å². The lowest BCUT2D eigenvalue weighted by atomic mass is 10.0. The van der Waals surface area contributed by atoms with E-state index in [4.69, 9.17) is 19.1 Å². The van der Waals surface area contributed by atoms with Crippen molar-refractivity contribution >= 4 is 19.8 Å². The van der Waals surface area contributed by atoms with Gasteiger partial charge >= 0.3 is 19.8 Å². The minimum atomic E-state index is -4.64. The van der Waals surface area contributed by atoms with E-state index in [0.29, 0.717) is 6.42 Å². The Labute approximate surface area is 317 Å². The summed E-state index contributed by atoms with van der Waals surface area (Å²) in [4.78, 5) is 34.8. The summed E-state index contributed by atoms with van der Waals surface area (Å²) >= 11 is 0. The smallest absolute Gasteiger partial charge is 0.462 e. The van der Waals surface area contributed by atoms with Crippen molar-refractivity contribution < 1.29 is 47.8 Å². The van der Waals surface area contributed by atoms with E-state index in [-0.39, 0.29) is 13.0 Å². The molecule has 11 heteroatoms. The van der Waals surface area contributed by atoms with Crippen molar-refractivity contribution in [1.82, 2.24) is 0 Å². The van der Waals surface area contributed by atoms with Crippen LogP contribution in [0.4, 0.5) is 0 Å². The first kappa shape index (κ1) is 50.5. The second-order valence-corrected chi connectivity index (χ2v) is 15.5. The van der Waals surface area contributed by atoms with Crippen LogP contribution >= 0.6 is 7.82 Å². The number of carbonyl (C=O) groups excluding carboxylic acids is 2. The van der Waals surface area contributed by atoms with Gasteiger partial charge in [0.1, 0.15) is 12.7 Å². The van der Waals surface area contributed by atoms with Crippen molar-refractivity contribution in [3.05, 3.63) is 24.3 Å². The molecule has 0 amide bonds. The monoisotopic (exact) mass is 761 g/mol. The average Bonchev–Trinajstić information content (AvgIpc) is 3.13. The van der Waals surface area contributed by atoms with Gasteiger partial charge in [0.05, 0.1) is 19.8 Å². The zero-order chi connectivity index (χ0) is 38.4. The fourth-order valence-electron chi connectivity index (χ4n) is 5.72. The first-order chi connectivity index (χ1) is 25.2. The Morgan fingerprint density at radius 3 is 1.54 bits per heavy atom. The fraction of sp³-hybridized carbons (Fsp3) is 0.854. The SMILES string of the molecule is CCCCCCCCCCCCC/C=C/C=C/C(=O)O[C@H](COC(=O)CCCCCCCCCCCCCCCC)COP(=O)(O)OC[C@@H](O)CO. The number of allylic oxidation sites excluding steroid dienone is 3. The number of esters is 2. The molecule has 0 aromatic heterocycles. The number of hydrogen-bond acceptors (Lipinski definition) is 9. The molecule has 0 aliphatic heterocycles. The van der Waals surface area contributed by atoms with Gasteiger partial charge < -0.3 is 24.6 Å². The lowest BCUT2D eigenvalue weighted by molar-refractivity contribution is -0.157. The third kappa shape index (κ3) is 36.8. The molecular formula is C41H77O10P. The topological polar surface area (TPSA) is 149 Å². The second-order valence-electron chi connectivity index (χ2n) is 14.1. The van der Waals surface area contributed by atoms with Gasteiger partial charge in [-0.25, -0.2) is 9.36 Å². The van der Waals surface area contributed by atoms with Crippen LogP contribution in [-0.4, -0.2) is 65.7 Å². The van der Waals surface area contributed by atoms with Gasteiger partial charge in [0.25, 0.3) is 0 Å². The maximum Gasteiger partial charge on any atom is 0.472 e. The number of phosphoric acid groups is 1. The Balaban J connectivity index is 4.41. The molecule has 0 aliphatic rings. The van der Waals surface area contributed by atoms with Gasteiger partial charge in [0.15, 0.2) is 6.10 Å². The van der Waals surface area contributed by atoms with Crippen molar-refractivity contribution in [3.63, 3.8) is 0 Å². The second kappa shape index (κ2) is 37.8. The highest BCUT2D eigenvalue weighted by Gasteiger charge is 2.26. The zero-order valence-corrected chi connectivity index (χ0v) is 33.9. The van der Waals surface area contributed by atoms with Crippen LogP contribution in [-0.2, 0) is 32.7 Å². The highest BCUT2D eigenvalue weighted by molar-refractivity contribution is 7.47. The highest BCUT2D eigenvalue weighted by Crippen LogP contribution is 2.43. The van der Waals surface area contributed by atoms with Gasteiger partial charge in [-0.05, 0) is 19.3 Å². The van der Waals surface area contributed by atoms with E-state index in [9.17, 15) is 24.2 Å². The van der Waals surface area contributed by atoms with Crippen molar-refractivity contribution in [1.29, 1.82) is 0 Å². The molecule has 0 aromatic rings. The van der Waals surface area contributed by atoms with E-state index in [1.165, 1.54) is 134 Å². The van der Waals surface area contributed by atoms with Gasteiger partial charge in [-0.15, -0.1) is 0 Å². The predicted octanol–water partition coefficient (Wildman–Crippen LogP) is 10.6. The summed E-state index contributed by atoms with van der Waals surface area (Å²) in [5.41, 5.74) is 0. The van der Waals surface area contributed by atoms with Crippen LogP contribution in [0.1, 0.15) is 187 Å². The number of ether oxygens (including phenoxy) is 2. The van der Waals surface area contributed by atoms with Crippen molar-refractivity contribution in [2.45, 2.75) is 199 Å². The molecule has 10 nitrogen and oxygen atoms in total. The summed E-state index contributed by atoms with van der Waals surface area (Å²) in [5, 5.41) is 18.3. The number of carbonyl (C=O) groups is 2. The summed E-state index contributed by atoms with van der Waals surface area (Å²) in [6.07, 6.45) is 36.3. The Kier molecular flexibility index (Phi) is 36.6. The third-order valence-electron chi connectivity index (χ3n) is 8.97. The van der Waals surface area contributed by atoms with E-state index >= 15 is 0 Å². The summed E-state index contributed by atoms with van der Waals surface area (Å²) in [7, 11) is -4.64. The van der Waals surface area contributed by atoms with Crippen LogP contribution in [0.3, 0.4) is 0 Å².